The maximum absolute atomic E-state index is 11.6. The van der Waals surface area contributed by atoms with E-state index in [0.29, 0.717) is 21.5 Å². The van der Waals surface area contributed by atoms with Crippen molar-refractivity contribution in [1.29, 1.82) is 0 Å². The summed E-state index contributed by atoms with van der Waals surface area (Å²) in [6, 6.07) is 5.09. The molecular weight excluding hydrogens is 280 g/mol. The molecule has 6 heteroatoms. The molecule has 20 heavy (non-hydrogen) atoms. The molecule has 5 nitrogen and oxygen atoms in total. The molecule has 1 amide bonds. The summed E-state index contributed by atoms with van der Waals surface area (Å²) in [5, 5.41) is 13.2. The largest absolute Gasteiger partial charge is 0.477 e. The normalized spacial score (nSPS) is 11.0. The second-order valence-electron chi connectivity index (χ2n) is 4.85. The van der Waals surface area contributed by atoms with Crippen molar-refractivity contribution in [3.8, 4) is 0 Å². The summed E-state index contributed by atoms with van der Waals surface area (Å²) in [4.78, 5) is 25.7. The van der Waals surface area contributed by atoms with E-state index >= 15 is 0 Å². The number of nitrogens with one attached hydrogen (secondary N) is 2. The topological polar surface area (TPSA) is 82.2 Å². The first-order valence-corrected chi connectivity index (χ1v) is 6.59. The molecule has 0 atom stereocenters. The molecule has 0 bridgehead atoms. The molecule has 2 rings (SSSR count). The zero-order chi connectivity index (χ0) is 14.9. The van der Waals surface area contributed by atoms with Gasteiger partial charge < -0.3 is 15.4 Å². The molecule has 106 valence electrons. The van der Waals surface area contributed by atoms with Crippen LogP contribution in [0.4, 0.5) is 0 Å². The third-order valence-corrected chi connectivity index (χ3v) is 3.28. The number of aromatic nitrogens is 1. The molecule has 0 spiro atoms. The number of carboxylic acid groups (broad SMARTS) is 1. The number of H-pyrrole nitrogens is 1. The number of carboxylic acids is 1. The highest BCUT2D eigenvalue weighted by Gasteiger charge is 2.18. The molecule has 1 aromatic heterocycles. The molecule has 0 fully saturated rings. The summed E-state index contributed by atoms with van der Waals surface area (Å²) in [6.45, 7) is 3.71. The lowest BCUT2D eigenvalue weighted by molar-refractivity contribution is -0.124. The number of fused-ring (bicyclic) bond motifs is 1. The smallest absolute Gasteiger partial charge is 0.352 e. The van der Waals surface area contributed by atoms with Crippen LogP contribution < -0.4 is 5.32 Å². The van der Waals surface area contributed by atoms with E-state index in [-0.39, 0.29) is 24.1 Å². The van der Waals surface area contributed by atoms with Gasteiger partial charge in [-0.25, -0.2) is 4.79 Å². The minimum absolute atomic E-state index is 0.0753. The van der Waals surface area contributed by atoms with Gasteiger partial charge in [-0.15, -0.1) is 0 Å². The Morgan fingerprint density at radius 2 is 2.10 bits per heavy atom. The summed E-state index contributed by atoms with van der Waals surface area (Å²) >= 11 is 5.94. The quantitative estimate of drug-likeness (QED) is 0.811. The Morgan fingerprint density at radius 1 is 1.40 bits per heavy atom. The molecule has 0 radical (unpaired) electrons. The van der Waals surface area contributed by atoms with Crippen molar-refractivity contribution in [3.05, 3.63) is 34.5 Å². The molecule has 1 aromatic carbocycles. The van der Waals surface area contributed by atoms with Gasteiger partial charge in [-0.05, 0) is 18.2 Å². The Kier molecular flexibility index (Phi) is 3.99. The minimum atomic E-state index is -1.06. The number of aromatic carboxylic acids is 1. The number of carbonyl (C=O) groups is 2. The number of amides is 1. The lowest BCUT2D eigenvalue weighted by Gasteiger charge is -2.08. The Balaban J connectivity index is 2.43. The number of hydrogen-bond acceptors (Lipinski definition) is 2. The summed E-state index contributed by atoms with van der Waals surface area (Å²) in [6.07, 6.45) is 0. The number of rotatable bonds is 4. The zero-order valence-corrected chi connectivity index (χ0v) is 11.9. The lowest BCUT2D eigenvalue weighted by Crippen LogP contribution is -2.27. The van der Waals surface area contributed by atoms with E-state index in [9.17, 15) is 14.7 Å². The van der Waals surface area contributed by atoms with Gasteiger partial charge in [-0.1, -0.05) is 25.4 Å². The Morgan fingerprint density at radius 3 is 2.70 bits per heavy atom. The lowest BCUT2D eigenvalue weighted by atomic mass is 10.1. The summed E-state index contributed by atoms with van der Waals surface area (Å²) in [5.74, 6) is -1.35. The van der Waals surface area contributed by atoms with Crippen LogP contribution in [-0.4, -0.2) is 22.0 Å². The predicted molar refractivity (Wildman–Crippen MR) is 77.0 cm³/mol. The predicted octanol–water partition coefficient (Wildman–Crippen LogP) is 2.79. The Labute approximate surface area is 120 Å². The van der Waals surface area contributed by atoms with E-state index in [1.54, 1.807) is 32.0 Å². The summed E-state index contributed by atoms with van der Waals surface area (Å²) in [7, 11) is 0. The van der Waals surface area contributed by atoms with Crippen LogP contribution in [0.1, 0.15) is 29.9 Å². The maximum atomic E-state index is 11.6. The van der Waals surface area contributed by atoms with Gasteiger partial charge in [-0.2, -0.15) is 0 Å². The second kappa shape index (κ2) is 5.54. The number of halogens is 1. The van der Waals surface area contributed by atoms with Gasteiger partial charge in [0.1, 0.15) is 5.69 Å². The van der Waals surface area contributed by atoms with Crippen molar-refractivity contribution in [1.82, 2.24) is 10.3 Å². The highest BCUT2D eigenvalue weighted by Crippen LogP contribution is 2.25. The second-order valence-corrected chi connectivity index (χ2v) is 5.28. The number of benzene rings is 1. The van der Waals surface area contributed by atoms with E-state index in [1.807, 2.05) is 0 Å². The van der Waals surface area contributed by atoms with Crippen molar-refractivity contribution >= 4 is 34.4 Å². The van der Waals surface area contributed by atoms with E-state index in [1.165, 1.54) is 0 Å². The van der Waals surface area contributed by atoms with Crippen LogP contribution in [0.15, 0.2) is 18.2 Å². The van der Waals surface area contributed by atoms with E-state index in [4.69, 9.17) is 11.6 Å². The highest BCUT2D eigenvalue weighted by atomic mass is 35.5. The maximum Gasteiger partial charge on any atom is 0.352 e. The van der Waals surface area contributed by atoms with Crippen LogP contribution in [0, 0.1) is 5.92 Å². The fourth-order valence-electron chi connectivity index (χ4n) is 1.97. The van der Waals surface area contributed by atoms with Crippen LogP contribution >= 0.6 is 11.6 Å². The fourth-order valence-corrected chi connectivity index (χ4v) is 2.14. The van der Waals surface area contributed by atoms with Gasteiger partial charge in [0.2, 0.25) is 5.91 Å². The molecule has 0 aliphatic rings. The van der Waals surface area contributed by atoms with Gasteiger partial charge in [0.15, 0.2) is 0 Å². The standard InChI is InChI=1S/C14H15ClN2O3/c1-7(2)13(18)16-6-10-9-5-8(15)3-4-11(9)17-12(10)14(19)20/h3-5,7,17H,6H2,1-2H3,(H,16,18)(H,19,20). The van der Waals surface area contributed by atoms with Crippen molar-refractivity contribution < 1.29 is 14.7 Å². The van der Waals surface area contributed by atoms with Crippen LogP contribution in [0.2, 0.25) is 5.02 Å². The van der Waals surface area contributed by atoms with Gasteiger partial charge >= 0.3 is 5.97 Å². The summed E-state index contributed by atoms with van der Waals surface area (Å²) < 4.78 is 0. The number of carbonyl (C=O) groups excluding carboxylic acids is 1. The zero-order valence-electron chi connectivity index (χ0n) is 11.2. The SMILES string of the molecule is CC(C)C(=O)NCc1c(C(=O)O)[nH]c2ccc(Cl)cc12. The first kappa shape index (κ1) is 14.4. The van der Waals surface area contributed by atoms with E-state index in [0.717, 1.165) is 0 Å². The van der Waals surface area contributed by atoms with Gasteiger partial charge in [0.25, 0.3) is 0 Å². The Bertz CT molecular complexity index is 676. The van der Waals surface area contributed by atoms with Crippen LogP contribution in [0.5, 0.6) is 0 Å². The van der Waals surface area contributed by atoms with Crippen molar-refractivity contribution in [2.75, 3.05) is 0 Å². The van der Waals surface area contributed by atoms with Crippen molar-refractivity contribution in [3.63, 3.8) is 0 Å². The van der Waals surface area contributed by atoms with Crippen molar-refractivity contribution in [2.24, 2.45) is 5.92 Å². The number of hydrogen-bond donors (Lipinski definition) is 3. The van der Waals surface area contributed by atoms with Crippen LogP contribution in [0.3, 0.4) is 0 Å². The minimum Gasteiger partial charge on any atom is -0.477 e. The molecule has 0 aliphatic carbocycles. The molecule has 0 saturated carbocycles. The highest BCUT2D eigenvalue weighted by molar-refractivity contribution is 6.31. The average Bonchev–Trinajstić information content (AvgIpc) is 2.73. The molecule has 0 aliphatic heterocycles. The van der Waals surface area contributed by atoms with Gasteiger partial charge in [0.05, 0.1) is 0 Å². The summed E-state index contributed by atoms with van der Waals surface area (Å²) in [5.41, 5.74) is 1.29. The number of aromatic amines is 1. The molecule has 0 saturated heterocycles. The molecule has 0 unspecified atom stereocenters. The monoisotopic (exact) mass is 294 g/mol. The van der Waals surface area contributed by atoms with Crippen LogP contribution in [0.25, 0.3) is 10.9 Å². The molecule has 2 aromatic rings. The molecular formula is C14H15ClN2O3. The van der Waals surface area contributed by atoms with E-state index in [2.05, 4.69) is 10.3 Å². The first-order valence-electron chi connectivity index (χ1n) is 6.21. The van der Waals surface area contributed by atoms with E-state index < -0.39 is 5.97 Å². The van der Waals surface area contributed by atoms with Crippen molar-refractivity contribution in [2.45, 2.75) is 20.4 Å². The van der Waals surface area contributed by atoms with Gasteiger partial charge in [-0.3, -0.25) is 4.79 Å². The first-order chi connectivity index (χ1) is 9.40. The van der Waals surface area contributed by atoms with Crippen LogP contribution in [-0.2, 0) is 11.3 Å². The molecule has 1 heterocycles. The van der Waals surface area contributed by atoms with Gasteiger partial charge in [0, 0.05) is 34.0 Å². The fraction of sp³-hybridized carbons (Fsp3) is 0.286. The third-order valence-electron chi connectivity index (χ3n) is 3.05. The molecule has 3 N–H and O–H groups in total. The third kappa shape index (κ3) is 2.77. The Hall–Kier alpha value is -2.01. The average molecular weight is 295 g/mol.